The maximum absolute atomic E-state index is 5.35. The van der Waals surface area contributed by atoms with Crippen molar-refractivity contribution in [3.8, 4) is 0 Å². The van der Waals surface area contributed by atoms with Crippen molar-refractivity contribution in [2.45, 2.75) is 39.2 Å². The highest BCUT2D eigenvalue weighted by Gasteiger charge is 2.19. The molecule has 2 rings (SSSR count). The average molecular weight is 259 g/mol. The van der Waals surface area contributed by atoms with E-state index in [2.05, 4.69) is 60.5 Å². The van der Waals surface area contributed by atoms with Gasteiger partial charge in [0.1, 0.15) is 0 Å². The normalized spacial score (nSPS) is 14.3. The van der Waals surface area contributed by atoms with E-state index >= 15 is 0 Å². The number of nitrogens with one attached hydrogen (secondary N) is 1. The second-order valence-corrected chi connectivity index (χ2v) is 5.08. The molecular formula is C15H21N3O. The van der Waals surface area contributed by atoms with Crippen LogP contribution in [0, 0.1) is 6.92 Å². The number of nitrogens with zero attached hydrogens (tertiary/aromatic N) is 2. The molecule has 0 spiro atoms. The van der Waals surface area contributed by atoms with Crippen LogP contribution in [0.4, 0.5) is 0 Å². The van der Waals surface area contributed by atoms with Gasteiger partial charge in [0.05, 0.1) is 5.92 Å². The first kappa shape index (κ1) is 13.7. The van der Waals surface area contributed by atoms with Crippen LogP contribution in [0.25, 0.3) is 0 Å². The quantitative estimate of drug-likeness (QED) is 0.897. The first-order valence-electron chi connectivity index (χ1n) is 6.65. The summed E-state index contributed by atoms with van der Waals surface area (Å²) in [7, 11) is 1.94. The average Bonchev–Trinajstić information content (AvgIpc) is 2.85. The Morgan fingerprint density at radius 1 is 1.32 bits per heavy atom. The Balaban J connectivity index is 2.09. The van der Waals surface area contributed by atoms with Crippen molar-refractivity contribution in [3.63, 3.8) is 0 Å². The minimum Gasteiger partial charge on any atom is -0.339 e. The molecule has 0 bridgehead atoms. The van der Waals surface area contributed by atoms with Crippen molar-refractivity contribution in [3.05, 3.63) is 47.1 Å². The first-order chi connectivity index (χ1) is 9.10. The van der Waals surface area contributed by atoms with Gasteiger partial charge in [0.25, 0.3) is 0 Å². The van der Waals surface area contributed by atoms with Gasteiger partial charge in [-0.3, -0.25) is 0 Å². The van der Waals surface area contributed by atoms with E-state index in [-0.39, 0.29) is 5.92 Å². The van der Waals surface area contributed by atoms with Crippen LogP contribution in [-0.4, -0.2) is 23.2 Å². The van der Waals surface area contributed by atoms with Gasteiger partial charge in [-0.2, -0.15) is 4.98 Å². The van der Waals surface area contributed by atoms with E-state index in [1.807, 2.05) is 7.05 Å². The van der Waals surface area contributed by atoms with Crippen molar-refractivity contribution in [1.82, 2.24) is 15.5 Å². The lowest BCUT2D eigenvalue weighted by molar-refractivity contribution is 0.333. The van der Waals surface area contributed by atoms with Crippen LogP contribution in [-0.2, 0) is 6.42 Å². The first-order valence-corrected chi connectivity index (χ1v) is 6.65. The second kappa shape index (κ2) is 5.97. The molecule has 0 fully saturated rings. The number of hydrogen-bond donors (Lipinski definition) is 1. The number of benzene rings is 1. The molecule has 0 aliphatic carbocycles. The van der Waals surface area contributed by atoms with E-state index in [1.54, 1.807) is 0 Å². The number of rotatable bonds is 5. The van der Waals surface area contributed by atoms with E-state index in [1.165, 1.54) is 11.1 Å². The van der Waals surface area contributed by atoms with Gasteiger partial charge in [-0.15, -0.1) is 0 Å². The van der Waals surface area contributed by atoms with Crippen molar-refractivity contribution in [2.24, 2.45) is 0 Å². The Morgan fingerprint density at radius 3 is 2.79 bits per heavy atom. The van der Waals surface area contributed by atoms with Gasteiger partial charge in [0.2, 0.25) is 5.89 Å². The molecule has 0 saturated carbocycles. The van der Waals surface area contributed by atoms with E-state index in [0.29, 0.717) is 18.4 Å². The molecule has 0 amide bonds. The Labute approximate surface area is 114 Å². The summed E-state index contributed by atoms with van der Waals surface area (Å²) in [6.07, 6.45) is 0.714. The van der Waals surface area contributed by atoms with Gasteiger partial charge in [-0.05, 0) is 26.5 Å². The van der Waals surface area contributed by atoms with Crippen LogP contribution < -0.4 is 5.32 Å². The van der Waals surface area contributed by atoms with Crippen LogP contribution in [0.3, 0.4) is 0 Å². The summed E-state index contributed by atoms with van der Waals surface area (Å²) < 4.78 is 5.35. The largest absolute Gasteiger partial charge is 0.339 e. The number of aromatic nitrogens is 2. The molecule has 19 heavy (non-hydrogen) atoms. The van der Waals surface area contributed by atoms with E-state index < -0.39 is 0 Å². The molecule has 0 aliphatic heterocycles. The molecule has 4 nitrogen and oxygen atoms in total. The van der Waals surface area contributed by atoms with Crippen LogP contribution in [0.1, 0.15) is 42.6 Å². The van der Waals surface area contributed by atoms with Crippen molar-refractivity contribution in [1.29, 1.82) is 0 Å². The second-order valence-electron chi connectivity index (χ2n) is 5.08. The molecule has 0 saturated heterocycles. The summed E-state index contributed by atoms with van der Waals surface area (Å²) in [5.41, 5.74) is 2.46. The predicted molar refractivity (Wildman–Crippen MR) is 75.2 cm³/mol. The van der Waals surface area contributed by atoms with Crippen LogP contribution in [0.15, 0.2) is 28.8 Å². The molecule has 0 radical (unpaired) electrons. The standard InChI is InChI=1S/C15H21N3O/c1-10-6-5-7-13(8-10)9-14-17-15(19-18-14)11(2)12(3)16-4/h5-8,11-12,16H,9H2,1-4H3. The minimum atomic E-state index is 0.212. The Kier molecular flexibility index (Phi) is 4.32. The summed E-state index contributed by atoms with van der Waals surface area (Å²) in [6.45, 7) is 6.28. The van der Waals surface area contributed by atoms with Crippen LogP contribution >= 0.6 is 0 Å². The zero-order chi connectivity index (χ0) is 13.8. The van der Waals surface area contributed by atoms with Gasteiger partial charge in [-0.25, -0.2) is 0 Å². The number of aryl methyl sites for hydroxylation is 1. The fourth-order valence-corrected chi connectivity index (χ4v) is 1.99. The lowest BCUT2D eigenvalue weighted by Gasteiger charge is -2.14. The topological polar surface area (TPSA) is 51.0 Å². The summed E-state index contributed by atoms with van der Waals surface area (Å²) in [5, 5.41) is 7.27. The van der Waals surface area contributed by atoms with Crippen molar-refractivity contribution < 1.29 is 4.52 Å². The summed E-state index contributed by atoms with van der Waals surface area (Å²) in [6, 6.07) is 8.68. The molecule has 1 aromatic carbocycles. The van der Waals surface area contributed by atoms with Gasteiger partial charge >= 0.3 is 0 Å². The SMILES string of the molecule is CNC(C)C(C)c1nc(Cc2cccc(C)c2)no1. The zero-order valence-corrected chi connectivity index (χ0v) is 12.0. The lowest BCUT2D eigenvalue weighted by Crippen LogP contribution is -2.27. The highest BCUT2D eigenvalue weighted by molar-refractivity contribution is 5.24. The van der Waals surface area contributed by atoms with Gasteiger partial charge < -0.3 is 9.84 Å². The summed E-state index contributed by atoms with van der Waals surface area (Å²) >= 11 is 0. The van der Waals surface area contributed by atoms with Gasteiger partial charge in [0.15, 0.2) is 5.82 Å². The van der Waals surface area contributed by atoms with E-state index in [0.717, 1.165) is 5.82 Å². The highest BCUT2D eigenvalue weighted by Crippen LogP contribution is 2.18. The maximum atomic E-state index is 5.35. The van der Waals surface area contributed by atoms with Crippen LogP contribution in [0.5, 0.6) is 0 Å². The third-order valence-electron chi connectivity index (χ3n) is 3.52. The molecular weight excluding hydrogens is 238 g/mol. The molecule has 2 atom stereocenters. The van der Waals surface area contributed by atoms with Gasteiger partial charge in [0, 0.05) is 12.5 Å². The molecule has 4 heteroatoms. The summed E-state index contributed by atoms with van der Waals surface area (Å²) in [5.74, 6) is 1.66. The molecule has 2 aromatic rings. The Morgan fingerprint density at radius 2 is 2.11 bits per heavy atom. The lowest BCUT2D eigenvalue weighted by atomic mass is 10.0. The molecule has 102 valence electrons. The monoisotopic (exact) mass is 259 g/mol. The summed E-state index contributed by atoms with van der Waals surface area (Å²) in [4.78, 5) is 4.49. The molecule has 1 N–H and O–H groups in total. The molecule has 0 aliphatic rings. The zero-order valence-electron chi connectivity index (χ0n) is 12.0. The van der Waals surface area contributed by atoms with Crippen LogP contribution in [0.2, 0.25) is 0 Å². The predicted octanol–water partition coefficient (Wildman–Crippen LogP) is 2.68. The number of likely N-dealkylation sites (N-methyl/N-ethyl adjacent to an activating group) is 1. The minimum absolute atomic E-state index is 0.212. The van der Waals surface area contributed by atoms with E-state index in [4.69, 9.17) is 4.52 Å². The van der Waals surface area contributed by atoms with E-state index in [9.17, 15) is 0 Å². The van der Waals surface area contributed by atoms with Gasteiger partial charge in [-0.1, -0.05) is 41.9 Å². The third kappa shape index (κ3) is 3.41. The van der Waals surface area contributed by atoms with Crippen molar-refractivity contribution in [2.75, 3.05) is 7.05 Å². The highest BCUT2D eigenvalue weighted by atomic mass is 16.5. The Bertz CT molecular complexity index is 536. The molecule has 2 unspecified atom stereocenters. The fourth-order valence-electron chi connectivity index (χ4n) is 1.99. The fraction of sp³-hybridized carbons (Fsp3) is 0.467. The van der Waals surface area contributed by atoms with Crippen molar-refractivity contribution >= 4 is 0 Å². The smallest absolute Gasteiger partial charge is 0.231 e. The third-order valence-corrected chi connectivity index (χ3v) is 3.52. The Hall–Kier alpha value is -1.68. The number of hydrogen-bond acceptors (Lipinski definition) is 4. The molecule has 1 heterocycles. The maximum Gasteiger partial charge on any atom is 0.231 e. The molecule has 1 aromatic heterocycles.